The van der Waals surface area contributed by atoms with Gasteiger partial charge in [0.1, 0.15) is 10.7 Å². The van der Waals surface area contributed by atoms with Crippen molar-refractivity contribution < 1.29 is 4.79 Å². The lowest BCUT2D eigenvalue weighted by atomic mass is 9.90. The first kappa shape index (κ1) is 20.2. The highest BCUT2D eigenvalue weighted by Gasteiger charge is 2.42. The number of aromatic nitrogens is 4. The van der Waals surface area contributed by atoms with Crippen molar-refractivity contribution >= 4 is 34.4 Å². The number of carbonyl (C=O) groups excluding carboxylic acids is 1. The number of aryl methyl sites for hydroxylation is 1. The van der Waals surface area contributed by atoms with E-state index in [4.69, 9.17) is 4.98 Å². The lowest BCUT2D eigenvalue weighted by Crippen LogP contribution is -2.64. The summed E-state index contributed by atoms with van der Waals surface area (Å²) in [5, 5.41) is 0. The van der Waals surface area contributed by atoms with E-state index in [-0.39, 0.29) is 29.1 Å². The maximum atomic E-state index is 12.9. The Bertz CT molecular complexity index is 1190. The second kappa shape index (κ2) is 7.19. The van der Waals surface area contributed by atoms with Crippen molar-refractivity contribution in [1.82, 2.24) is 23.4 Å². The molecule has 3 saturated heterocycles. The number of piperidine rings is 2. The van der Waals surface area contributed by atoms with Crippen LogP contribution in [0.15, 0.2) is 29.2 Å². The van der Waals surface area contributed by atoms with Gasteiger partial charge in [-0.25, -0.2) is 14.2 Å². The second-order valence-corrected chi connectivity index (χ2v) is 10.7. The summed E-state index contributed by atoms with van der Waals surface area (Å²) in [5.74, 6) is 0.970. The van der Waals surface area contributed by atoms with Gasteiger partial charge in [0.2, 0.25) is 0 Å². The standard InChI is InChI=1S/C22H28N6O2S/c1-22(2,3)13-28-16-7-8-18(24-19(16)25(4)21(28)30)26-11-15-6-5-14(26)12-27(15)20(29)17-9-10-23-31-17/h7-10,14-15H,5-6,11-13H2,1-4H3. The van der Waals surface area contributed by atoms with Crippen LogP contribution >= 0.6 is 11.5 Å². The highest BCUT2D eigenvalue weighted by Crippen LogP contribution is 2.34. The number of carbonyl (C=O) groups is 1. The van der Waals surface area contributed by atoms with E-state index in [1.807, 2.05) is 21.6 Å². The van der Waals surface area contributed by atoms with Crippen molar-refractivity contribution in [2.75, 3.05) is 18.0 Å². The number of hydrogen-bond acceptors (Lipinski definition) is 6. The number of piperazine rings is 1. The van der Waals surface area contributed by atoms with Gasteiger partial charge in [0, 0.05) is 45.0 Å². The molecule has 164 valence electrons. The zero-order valence-corrected chi connectivity index (χ0v) is 19.2. The third-order valence-electron chi connectivity index (χ3n) is 6.33. The molecule has 2 atom stereocenters. The van der Waals surface area contributed by atoms with Gasteiger partial charge in [0.25, 0.3) is 5.91 Å². The first-order valence-corrected chi connectivity index (χ1v) is 11.5. The second-order valence-electron chi connectivity index (χ2n) is 9.87. The molecule has 2 bridgehead atoms. The summed E-state index contributed by atoms with van der Waals surface area (Å²) in [5.41, 5.74) is 1.55. The number of amides is 1. The Balaban J connectivity index is 1.44. The predicted octanol–water partition coefficient (Wildman–Crippen LogP) is 2.73. The van der Waals surface area contributed by atoms with Crippen LogP contribution in [0.1, 0.15) is 43.3 Å². The van der Waals surface area contributed by atoms with Crippen molar-refractivity contribution in [3.8, 4) is 0 Å². The smallest absolute Gasteiger partial charge is 0.330 e. The molecule has 0 spiro atoms. The number of imidazole rings is 1. The van der Waals surface area contributed by atoms with E-state index in [1.165, 1.54) is 11.5 Å². The Morgan fingerprint density at radius 3 is 2.58 bits per heavy atom. The Labute approximate surface area is 185 Å². The van der Waals surface area contributed by atoms with Gasteiger partial charge in [-0.3, -0.25) is 13.9 Å². The summed E-state index contributed by atoms with van der Waals surface area (Å²) in [7, 11) is 1.79. The van der Waals surface area contributed by atoms with Crippen LogP contribution in [-0.2, 0) is 13.6 Å². The van der Waals surface area contributed by atoms with Crippen LogP contribution in [-0.4, -0.2) is 54.5 Å². The van der Waals surface area contributed by atoms with Crippen LogP contribution in [0.25, 0.3) is 11.2 Å². The maximum absolute atomic E-state index is 12.9. The van der Waals surface area contributed by atoms with Gasteiger partial charge in [-0.1, -0.05) is 20.8 Å². The van der Waals surface area contributed by atoms with E-state index in [1.54, 1.807) is 23.9 Å². The number of fused-ring (bicyclic) bond motifs is 4. The zero-order valence-electron chi connectivity index (χ0n) is 18.4. The molecule has 0 aliphatic carbocycles. The van der Waals surface area contributed by atoms with Gasteiger partial charge in [0.15, 0.2) is 5.65 Å². The molecule has 31 heavy (non-hydrogen) atoms. The van der Waals surface area contributed by atoms with Gasteiger partial charge in [-0.2, -0.15) is 0 Å². The third kappa shape index (κ3) is 3.44. The van der Waals surface area contributed by atoms with Crippen molar-refractivity contribution in [3.05, 3.63) is 39.8 Å². The van der Waals surface area contributed by atoms with E-state index >= 15 is 0 Å². The topological polar surface area (TPSA) is 76.3 Å². The molecule has 6 rings (SSSR count). The molecule has 0 radical (unpaired) electrons. The maximum Gasteiger partial charge on any atom is 0.330 e. The van der Waals surface area contributed by atoms with Gasteiger partial charge in [0.05, 0.1) is 5.52 Å². The normalized spacial score (nSPS) is 21.3. The van der Waals surface area contributed by atoms with E-state index in [0.29, 0.717) is 23.6 Å². The molecule has 0 saturated carbocycles. The Morgan fingerprint density at radius 1 is 1.16 bits per heavy atom. The first-order chi connectivity index (χ1) is 14.7. The highest BCUT2D eigenvalue weighted by molar-refractivity contribution is 7.08. The third-order valence-corrected chi connectivity index (χ3v) is 7.07. The molecule has 9 heteroatoms. The van der Waals surface area contributed by atoms with Crippen LogP contribution in [0.2, 0.25) is 0 Å². The number of pyridine rings is 1. The van der Waals surface area contributed by atoms with Crippen molar-refractivity contribution in [1.29, 1.82) is 0 Å². The lowest BCUT2D eigenvalue weighted by Gasteiger charge is -2.51. The van der Waals surface area contributed by atoms with E-state index in [2.05, 4.69) is 30.0 Å². The van der Waals surface area contributed by atoms with Gasteiger partial charge in [-0.15, -0.1) is 0 Å². The first-order valence-electron chi connectivity index (χ1n) is 10.8. The number of rotatable bonds is 3. The van der Waals surface area contributed by atoms with Crippen molar-refractivity contribution in [2.45, 2.75) is 52.2 Å². The lowest BCUT2D eigenvalue weighted by molar-refractivity contribution is 0.0509. The molecular formula is C22H28N6O2S. The van der Waals surface area contributed by atoms with Crippen LogP contribution in [0.3, 0.4) is 0 Å². The van der Waals surface area contributed by atoms with Gasteiger partial charge < -0.3 is 9.80 Å². The molecular weight excluding hydrogens is 412 g/mol. The SMILES string of the molecule is Cn1c(=O)n(CC(C)(C)C)c2ccc(N3CC4CCC3CN4C(=O)c3ccns3)nc21. The van der Waals surface area contributed by atoms with E-state index < -0.39 is 0 Å². The fourth-order valence-corrected chi connectivity index (χ4v) is 5.43. The van der Waals surface area contributed by atoms with Gasteiger partial charge >= 0.3 is 5.69 Å². The molecule has 2 unspecified atom stereocenters. The van der Waals surface area contributed by atoms with Crippen molar-refractivity contribution in [3.63, 3.8) is 0 Å². The molecule has 1 amide bonds. The summed E-state index contributed by atoms with van der Waals surface area (Å²) < 4.78 is 7.54. The number of nitrogens with zero attached hydrogens (tertiary/aromatic N) is 6. The summed E-state index contributed by atoms with van der Waals surface area (Å²) in [6.07, 6.45) is 3.73. The summed E-state index contributed by atoms with van der Waals surface area (Å²) in [4.78, 5) is 35.7. The molecule has 6 heterocycles. The fraction of sp³-hybridized carbons (Fsp3) is 0.545. The summed E-state index contributed by atoms with van der Waals surface area (Å²) >= 11 is 1.26. The molecule has 3 fully saturated rings. The molecule has 3 aromatic rings. The van der Waals surface area contributed by atoms with Gasteiger partial charge in [-0.05, 0) is 48.0 Å². The quantitative estimate of drug-likeness (QED) is 0.626. The zero-order chi connectivity index (χ0) is 21.9. The molecule has 3 aliphatic heterocycles. The average molecular weight is 441 g/mol. The van der Waals surface area contributed by atoms with Crippen LogP contribution in [0.5, 0.6) is 0 Å². The van der Waals surface area contributed by atoms with E-state index in [0.717, 1.165) is 30.7 Å². The largest absolute Gasteiger partial charge is 0.350 e. The molecule has 0 aromatic carbocycles. The number of anilines is 1. The molecule has 8 nitrogen and oxygen atoms in total. The highest BCUT2D eigenvalue weighted by atomic mass is 32.1. The Kier molecular flexibility index (Phi) is 4.69. The van der Waals surface area contributed by atoms with Crippen LogP contribution in [0.4, 0.5) is 5.82 Å². The van der Waals surface area contributed by atoms with E-state index in [9.17, 15) is 9.59 Å². The minimum Gasteiger partial charge on any atom is -0.350 e. The minimum atomic E-state index is -0.0314. The average Bonchev–Trinajstić information content (AvgIpc) is 3.36. The predicted molar refractivity (Wildman–Crippen MR) is 122 cm³/mol. The summed E-state index contributed by atoms with van der Waals surface area (Å²) in [6, 6.07) is 6.25. The molecule has 3 aromatic heterocycles. The molecule has 3 aliphatic rings. The fourth-order valence-electron chi connectivity index (χ4n) is 4.88. The minimum absolute atomic E-state index is 0.00309. The summed E-state index contributed by atoms with van der Waals surface area (Å²) in [6.45, 7) is 8.50. The monoisotopic (exact) mass is 440 g/mol. The van der Waals surface area contributed by atoms with Crippen molar-refractivity contribution in [2.24, 2.45) is 12.5 Å². The Hall–Kier alpha value is -2.68. The molecule has 0 N–H and O–H groups in total. The van der Waals surface area contributed by atoms with Crippen LogP contribution < -0.4 is 10.6 Å². The number of hydrogen-bond donors (Lipinski definition) is 0. The Morgan fingerprint density at radius 2 is 1.94 bits per heavy atom. The van der Waals surface area contributed by atoms with Crippen LogP contribution in [0, 0.1) is 5.41 Å².